The first-order chi connectivity index (χ1) is 19.2. The molecule has 1 aromatic heterocycles. The fourth-order valence-corrected chi connectivity index (χ4v) is 6.88. The van der Waals surface area contributed by atoms with Gasteiger partial charge in [0.05, 0.1) is 24.8 Å². The zero-order valence-electron chi connectivity index (χ0n) is 22.2. The highest BCUT2D eigenvalue weighted by Gasteiger charge is 2.48. The molecule has 2 heterocycles. The summed E-state index contributed by atoms with van der Waals surface area (Å²) in [6.45, 7) is 0.812. The van der Waals surface area contributed by atoms with Gasteiger partial charge in [0.15, 0.2) is 0 Å². The Labute approximate surface area is 239 Å². The number of amides is 2. The number of benzene rings is 2. The van der Waals surface area contributed by atoms with E-state index in [9.17, 15) is 18.0 Å². The van der Waals surface area contributed by atoms with E-state index in [1.165, 1.54) is 0 Å². The van der Waals surface area contributed by atoms with Crippen molar-refractivity contribution in [1.82, 2.24) is 19.7 Å². The summed E-state index contributed by atoms with van der Waals surface area (Å²) in [5.74, 6) is -1.43. The average Bonchev–Trinajstić information content (AvgIpc) is 3.45. The third kappa shape index (κ3) is 6.25. The van der Waals surface area contributed by atoms with Crippen molar-refractivity contribution < 1.29 is 22.8 Å². The molecule has 0 spiro atoms. The van der Waals surface area contributed by atoms with Crippen LogP contribution in [0.3, 0.4) is 0 Å². The third-order valence-electron chi connectivity index (χ3n) is 7.61. The number of carbonyl (C=O) groups is 2. The SMILES string of the molecule is CS(=O)(=O)N[C@H]1CCCC[C@@H]1N1C(=O)c2ccccc2[C@@H](C(=O)NOCCn2cccc2)[C@@H]1c1ccc(Cl)cc1. The van der Waals surface area contributed by atoms with Crippen LogP contribution >= 0.6 is 11.6 Å². The molecule has 1 aliphatic heterocycles. The highest BCUT2D eigenvalue weighted by atomic mass is 35.5. The molecule has 0 saturated heterocycles. The zero-order valence-corrected chi connectivity index (χ0v) is 23.8. The molecule has 212 valence electrons. The van der Waals surface area contributed by atoms with E-state index in [2.05, 4.69) is 10.2 Å². The summed E-state index contributed by atoms with van der Waals surface area (Å²) in [6, 6.07) is 16.4. The van der Waals surface area contributed by atoms with Crippen molar-refractivity contribution in [2.24, 2.45) is 0 Å². The molecule has 2 N–H and O–H groups in total. The molecule has 40 heavy (non-hydrogen) atoms. The van der Waals surface area contributed by atoms with Crippen molar-refractivity contribution in [3.63, 3.8) is 0 Å². The molecule has 11 heteroatoms. The summed E-state index contributed by atoms with van der Waals surface area (Å²) in [5.41, 5.74) is 4.37. The van der Waals surface area contributed by atoms with Gasteiger partial charge in [0, 0.05) is 41.6 Å². The Morgan fingerprint density at radius 3 is 2.45 bits per heavy atom. The number of hydroxylamine groups is 1. The van der Waals surface area contributed by atoms with Crippen molar-refractivity contribution in [3.8, 4) is 0 Å². The minimum absolute atomic E-state index is 0.236. The number of halogens is 1. The summed E-state index contributed by atoms with van der Waals surface area (Å²) in [5, 5.41) is 0.529. The fraction of sp³-hybridized carbons (Fsp3) is 0.379. The van der Waals surface area contributed by atoms with Crippen LogP contribution in [-0.4, -0.2) is 54.6 Å². The molecule has 2 aromatic carbocycles. The van der Waals surface area contributed by atoms with Crippen LogP contribution in [0.5, 0.6) is 0 Å². The summed E-state index contributed by atoms with van der Waals surface area (Å²) in [6.07, 6.45) is 7.83. The number of aromatic nitrogens is 1. The van der Waals surface area contributed by atoms with Gasteiger partial charge in [-0.1, -0.05) is 54.8 Å². The number of nitrogens with one attached hydrogen (secondary N) is 2. The standard InChI is InChI=1S/C29H33ClN4O5S/c1-40(37,38)32-24-10-4-5-11-25(24)34-27(20-12-14-21(30)15-13-20)26(22-8-2-3-9-23(22)29(34)36)28(35)31-39-19-18-33-16-6-7-17-33/h2-3,6-9,12-17,24-27,32H,4-5,10-11,18-19H2,1H3,(H,31,35)/t24-,25-,26+,27-/m0/s1. The Hall–Kier alpha value is -3.18. The van der Waals surface area contributed by atoms with Crippen LogP contribution in [0, 0.1) is 0 Å². The normalized spacial score (nSPS) is 23.1. The Bertz CT molecular complexity index is 1450. The van der Waals surface area contributed by atoms with Gasteiger partial charge in [-0.15, -0.1) is 0 Å². The predicted molar refractivity (Wildman–Crippen MR) is 152 cm³/mol. The van der Waals surface area contributed by atoms with Crippen LogP contribution in [0.2, 0.25) is 5.02 Å². The van der Waals surface area contributed by atoms with Gasteiger partial charge in [0.2, 0.25) is 10.0 Å². The zero-order chi connectivity index (χ0) is 28.3. The van der Waals surface area contributed by atoms with Crippen LogP contribution in [-0.2, 0) is 26.2 Å². The molecule has 3 aromatic rings. The van der Waals surface area contributed by atoms with E-state index < -0.39 is 34.1 Å². The van der Waals surface area contributed by atoms with Gasteiger partial charge in [0.25, 0.3) is 11.8 Å². The number of rotatable bonds is 9. The molecule has 9 nitrogen and oxygen atoms in total. The second kappa shape index (κ2) is 12.1. The minimum Gasteiger partial charge on any atom is -0.352 e. The van der Waals surface area contributed by atoms with E-state index in [0.717, 1.165) is 24.7 Å². The summed E-state index contributed by atoms with van der Waals surface area (Å²) in [7, 11) is -3.53. The average molecular weight is 585 g/mol. The molecule has 4 atom stereocenters. The maximum Gasteiger partial charge on any atom is 0.255 e. The van der Waals surface area contributed by atoms with E-state index in [0.29, 0.717) is 35.5 Å². The second-order valence-electron chi connectivity index (χ2n) is 10.4. The lowest BCUT2D eigenvalue weighted by atomic mass is 9.76. The summed E-state index contributed by atoms with van der Waals surface area (Å²) in [4.78, 5) is 35.4. The molecule has 2 aliphatic rings. The van der Waals surface area contributed by atoms with Gasteiger partial charge in [-0.2, -0.15) is 0 Å². The molecule has 1 aliphatic carbocycles. The molecule has 2 amide bonds. The molecule has 1 saturated carbocycles. The van der Waals surface area contributed by atoms with Crippen LogP contribution < -0.4 is 10.2 Å². The Balaban J connectivity index is 1.54. The van der Waals surface area contributed by atoms with Gasteiger partial charge in [-0.25, -0.2) is 18.6 Å². The highest BCUT2D eigenvalue weighted by Crippen LogP contribution is 2.46. The van der Waals surface area contributed by atoms with Crippen molar-refractivity contribution in [3.05, 3.63) is 94.8 Å². The second-order valence-corrected chi connectivity index (χ2v) is 12.6. The van der Waals surface area contributed by atoms with E-state index in [4.69, 9.17) is 16.4 Å². The lowest BCUT2D eigenvalue weighted by Gasteiger charge is -2.49. The van der Waals surface area contributed by atoms with Gasteiger partial charge >= 0.3 is 0 Å². The van der Waals surface area contributed by atoms with Crippen LogP contribution in [0.4, 0.5) is 0 Å². The quantitative estimate of drug-likeness (QED) is 0.291. The van der Waals surface area contributed by atoms with Crippen LogP contribution in [0.25, 0.3) is 0 Å². The lowest BCUT2D eigenvalue weighted by Crippen LogP contribution is -2.59. The van der Waals surface area contributed by atoms with Gasteiger partial charge in [0.1, 0.15) is 0 Å². The molecular formula is C29H33ClN4O5S. The smallest absolute Gasteiger partial charge is 0.255 e. The van der Waals surface area contributed by atoms with Crippen LogP contribution in [0.1, 0.15) is 59.1 Å². The largest absolute Gasteiger partial charge is 0.352 e. The Kier molecular flexibility index (Phi) is 8.60. The molecule has 0 radical (unpaired) electrons. The number of fused-ring (bicyclic) bond motifs is 1. The van der Waals surface area contributed by atoms with Gasteiger partial charge in [-0.05, 0) is 54.3 Å². The predicted octanol–water partition coefficient (Wildman–Crippen LogP) is 4.03. The molecule has 1 fully saturated rings. The van der Waals surface area contributed by atoms with E-state index in [-0.39, 0.29) is 18.4 Å². The topological polar surface area (TPSA) is 110 Å². The van der Waals surface area contributed by atoms with Gasteiger partial charge < -0.3 is 9.47 Å². The van der Waals surface area contributed by atoms with E-state index in [1.54, 1.807) is 35.2 Å². The monoisotopic (exact) mass is 584 g/mol. The first-order valence-electron chi connectivity index (χ1n) is 13.4. The summed E-state index contributed by atoms with van der Waals surface area (Å²) < 4.78 is 29.3. The highest BCUT2D eigenvalue weighted by molar-refractivity contribution is 7.88. The van der Waals surface area contributed by atoms with E-state index in [1.807, 2.05) is 47.3 Å². The number of carbonyl (C=O) groups excluding carboxylic acids is 2. The first kappa shape index (κ1) is 28.4. The van der Waals surface area contributed by atoms with E-state index >= 15 is 0 Å². The molecule has 5 rings (SSSR count). The minimum atomic E-state index is -3.53. The van der Waals surface area contributed by atoms with Crippen molar-refractivity contribution >= 4 is 33.4 Å². The maximum absolute atomic E-state index is 14.2. The Morgan fingerprint density at radius 1 is 1.02 bits per heavy atom. The number of hydrogen-bond acceptors (Lipinski definition) is 5. The molecular weight excluding hydrogens is 552 g/mol. The van der Waals surface area contributed by atoms with Crippen molar-refractivity contribution in [2.75, 3.05) is 12.9 Å². The van der Waals surface area contributed by atoms with Crippen molar-refractivity contribution in [2.45, 2.75) is 56.3 Å². The maximum atomic E-state index is 14.2. The van der Waals surface area contributed by atoms with Crippen molar-refractivity contribution in [1.29, 1.82) is 0 Å². The molecule has 0 bridgehead atoms. The first-order valence-corrected chi connectivity index (χ1v) is 15.7. The Morgan fingerprint density at radius 2 is 1.73 bits per heavy atom. The number of hydrogen-bond donors (Lipinski definition) is 2. The lowest BCUT2D eigenvalue weighted by molar-refractivity contribution is -0.137. The van der Waals surface area contributed by atoms with Gasteiger partial charge in [-0.3, -0.25) is 14.4 Å². The fourth-order valence-electron chi connectivity index (χ4n) is 5.93. The number of nitrogens with zero attached hydrogens (tertiary/aromatic N) is 2. The summed E-state index contributed by atoms with van der Waals surface area (Å²) >= 11 is 6.21. The van der Waals surface area contributed by atoms with Crippen LogP contribution in [0.15, 0.2) is 73.1 Å². The molecule has 0 unspecified atom stereocenters. The third-order valence-corrected chi connectivity index (χ3v) is 8.60. The number of sulfonamides is 1.